The monoisotopic (exact) mass is 293 g/mol. The summed E-state index contributed by atoms with van der Waals surface area (Å²) in [5, 5.41) is 9.29. The van der Waals surface area contributed by atoms with Gasteiger partial charge in [-0.1, -0.05) is 0 Å². The van der Waals surface area contributed by atoms with Gasteiger partial charge in [0, 0.05) is 12.7 Å². The number of carbonyl (C=O) groups excluding carboxylic acids is 1. The Morgan fingerprint density at radius 1 is 1.52 bits per heavy atom. The highest BCUT2D eigenvalue weighted by Crippen LogP contribution is 2.28. The Balaban J connectivity index is 2.45. The fourth-order valence-corrected chi connectivity index (χ4v) is 2.69. The number of hydrogen-bond acceptors (Lipinski definition) is 5. The highest BCUT2D eigenvalue weighted by Gasteiger charge is 2.39. The zero-order chi connectivity index (χ0) is 15.6. The number of anilines is 1. The first kappa shape index (κ1) is 15.2. The number of ether oxygens (including phenoxy) is 1. The molecule has 0 aliphatic carbocycles. The average Bonchev–Trinajstić information content (AvgIpc) is 2.88. The largest absolute Gasteiger partial charge is 0.481 e. The molecule has 21 heavy (non-hydrogen) atoms. The van der Waals surface area contributed by atoms with Gasteiger partial charge in [-0.25, -0.2) is 4.98 Å². The number of rotatable bonds is 5. The number of aromatic nitrogens is 1. The lowest BCUT2D eigenvalue weighted by molar-refractivity contribution is -0.141. The summed E-state index contributed by atoms with van der Waals surface area (Å²) in [4.78, 5) is 29.1. The molecule has 1 aliphatic rings. The molecule has 1 aliphatic heterocycles. The molecule has 2 atom stereocenters. The lowest BCUT2D eigenvalue weighted by Gasteiger charge is -2.31. The first-order chi connectivity index (χ1) is 9.97. The molecule has 1 fully saturated rings. The van der Waals surface area contributed by atoms with Crippen molar-refractivity contribution < 1.29 is 19.4 Å². The third-order valence-electron chi connectivity index (χ3n) is 3.77. The van der Waals surface area contributed by atoms with Gasteiger partial charge in [0.15, 0.2) is 0 Å². The molecule has 2 unspecified atom stereocenters. The van der Waals surface area contributed by atoms with Gasteiger partial charge in [-0.05, 0) is 25.5 Å². The Kier molecular flexibility index (Phi) is 4.42. The Morgan fingerprint density at radius 2 is 2.24 bits per heavy atom. The standard InChI is InChI=1S/C14H19N3O4/c1-3-17(10-7-21-6-9(10)14(19)20)13-11(12(15)18)8(2)4-5-16-13/h4-5,9-10H,3,6-7H2,1-2H3,(H2,15,18)(H,19,20). The maximum absolute atomic E-state index is 11.7. The van der Waals surface area contributed by atoms with Gasteiger partial charge in [-0.2, -0.15) is 0 Å². The summed E-state index contributed by atoms with van der Waals surface area (Å²) in [7, 11) is 0. The first-order valence-electron chi connectivity index (χ1n) is 6.80. The van der Waals surface area contributed by atoms with Crippen LogP contribution in [0.4, 0.5) is 5.82 Å². The fraction of sp³-hybridized carbons (Fsp3) is 0.500. The van der Waals surface area contributed by atoms with E-state index < -0.39 is 17.8 Å². The summed E-state index contributed by atoms with van der Waals surface area (Å²) in [6, 6.07) is 1.34. The molecule has 1 aromatic heterocycles. The normalized spacial score (nSPS) is 21.2. The predicted molar refractivity (Wildman–Crippen MR) is 76.2 cm³/mol. The van der Waals surface area contributed by atoms with E-state index >= 15 is 0 Å². The van der Waals surface area contributed by atoms with Crippen LogP contribution in [0.2, 0.25) is 0 Å². The number of hydrogen-bond donors (Lipinski definition) is 2. The van der Waals surface area contributed by atoms with E-state index in [1.807, 2.05) is 6.92 Å². The maximum atomic E-state index is 11.7. The van der Waals surface area contributed by atoms with Crippen molar-refractivity contribution in [3.63, 3.8) is 0 Å². The molecular weight excluding hydrogens is 274 g/mol. The van der Waals surface area contributed by atoms with Crippen LogP contribution >= 0.6 is 0 Å². The molecule has 7 nitrogen and oxygen atoms in total. The number of primary amides is 1. The van der Waals surface area contributed by atoms with Crippen molar-refractivity contribution in [3.8, 4) is 0 Å². The van der Waals surface area contributed by atoms with Crippen LogP contribution < -0.4 is 10.6 Å². The minimum absolute atomic E-state index is 0.161. The number of aliphatic carboxylic acids is 1. The molecule has 1 amide bonds. The number of carboxylic acid groups (broad SMARTS) is 1. The maximum Gasteiger partial charge on any atom is 0.311 e. The van der Waals surface area contributed by atoms with E-state index in [4.69, 9.17) is 10.5 Å². The van der Waals surface area contributed by atoms with Gasteiger partial charge < -0.3 is 20.5 Å². The van der Waals surface area contributed by atoms with E-state index in [2.05, 4.69) is 4.98 Å². The van der Waals surface area contributed by atoms with Crippen LogP contribution in [0.5, 0.6) is 0 Å². The van der Waals surface area contributed by atoms with Gasteiger partial charge in [-0.15, -0.1) is 0 Å². The Morgan fingerprint density at radius 3 is 2.81 bits per heavy atom. The van der Waals surface area contributed by atoms with Gasteiger partial charge >= 0.3 is 5.97 Å². The second-order valence-corrected chi connectivity index (χ2v) is 5.03. The van der Waals surface area contributed by atoms with Gasteiger partial charge in [0.25, 0.3) is 5.91 Å². The second-order valence-electron chi connectivity index (χ2n) is 5.03. The molecule has 0 aromatic carbocycles. The summed E-state index contributed by atoms with van der Waals surface area (Å²) >= 11 is 0. The SMILES string of the molecule is CCN(c1nccc(C)c1C(N)=O)C1COCC1C(=O)O. The van der Waals surface area contributed by atoms with Crippen molar-refractivity contribution in [1.82, 2.24) is 4.98 Å². The van der Waals surface area contributed by atoms with Crippen LogP contribution in [0.3, 0.4) is 0 Å². The zero-order valence-corrected chi connectivity index (χ0v) is 12.1. The van der Waals surface area contributed by atoms with Crippen molar-refractivity contribution in [2.75, 3.05) is 24.7 Å². The van der Waals surface area contributed by atoms with Crippen molar-refractivity contribution >= 4 is 17.7 Å². The zero-order valence-electron chi connectivity index (χ0n) is 12.1. The van der Waals surface area contributed by atoms with Gasteiger partial charge in [0.1, 0.15) is 11.7 Å². The Hall–Kier alpha value is -2.15. The van der Waals surface area contributed by atoms with Crippen LogP contribution in [0.15, 0.2) is 12.3 Å². The molecule has 114 valence electrons. The fourth-order valence-electron chi connectivity index (χ4n) is 2.69. The lowest BCUT2D eigenvalue weighted by atomic mass is 10.0. The summed E-state index contributed by atoms with van der Waals surface area (Å²) < 4.78 is 5.30. The third-order valence-corrected chi connectivity index (χ3v) is 3.77. The van der Waals surface area contributed by atoms with Gasteiger partial charge in [-0.3, -0.25) is 9.59 Å². The molecule has 1 aromatic rings. The summed E-state index contributed by atoms with van der Waals surface area (Å²) in [5.41, 5.74) is 6.50. The van der Waals surface area contributed by atoms with Crippen molar-refractivity contribution in [2.45, 2.75) is 19.9 Å². The number of pyridine rings is 1. The van der Waals surface area contributed by atoms with E-state index in [1.165, 1.54) is 0 Å². The molecule has 3 N–H and O–H groups in total. The van der Waals surface area contributed by atoms with Crippen LogP contribution in [-0.2, 0) is 9.53 Å². The quantitative estimate of drug-likeness (QED) is 0.814. The number of amides is 1. The molecule has 7 heteroatoms. The molecule has 0 radical (unpaired) electrons. The Bertz CT molecular complexity index is 561. The van der Waals surface area contributed by atoms with Gasteiger partial charge in [0.05, 0.1) is 24.8 Å². The van der Waals surface area contributed by atoms with E-state index in [0.29, 0.717) is 24.5 Å². The van der Waals surface area contributed by atoms with Crippen LogP contribution in [0, 0.1) is 12.8 Å². The van der Waals surface area contributed by atoms with Crippen LogP contribution in [-0.4, -0.2) is 47.8 Å². The number of likely N-dealkylation sites (N-methyl/N-ethyl adjacent to an activating group) is 1. The number of carboxylic acids is 1. The third kappa shape index (κ3) is 2.82. The van der Waals surface area contributed by atoms with Crippen molar-refractivity contribution in [2.24, 2.45) is 11.7 Å². The smallest absolute Gasteiger partial charge is 0.311 e. The highest BCUT2D eigenvalue weighted by molar-refractivity contribution is 5.99. The topological polar surface area (TPSA) is 106 Å². The molecular formula is C14H19N3O4. The molecule has 2 rings (SSSR count). The summed E-state index contributed by atoms with van der Waals surface area (Å²) in [6.45, 7) is 4.62. The second kappa shape index (κ2) is 6.09. The van der Waals surface area contributed by atoms with E-state index in [1.54, 1.807) is 24.1 Å². The number of nitrogens with zero attached hydrogens (tertiary/aromatic N) is 2. The summed E-state index contributed by atoms with van der Waals surface area (Å²) in [6.07, 6.45) is 1.59. The molecule has 2 heterocycles. The first-order valence-corrected chi connectivity index (χ1v) is 6.80. The molecule has 1 saturated heterocycles. The average molecular weight is 293 g/mol. The Labute approximate surface area is 122 Å². The molecule has 0 bridgehead atoms. The molecule has 0 spiro atoms. The number of aryl methyl sites for hydroxylation is 1. The van der Waals surface area contributed by atoms with Crippen LogP contribution in [0.1, 0.15) is 22.8 Å². The van der Waals surface area contributed by atoms with Crippen molar-refractivity contribution in [1.29, 1.82) is 0 Å². The minimum Gasteiger partial charge on any atom is -0.481 e. The van der Waals surface area contributed by atoms with Crippen molar-refractivity contribution in [3.05, 3.63) is 23.4 Å². The van der Waals surface area contributed by atoms with Crippen LogP contribution in [0.25, 0.3) is 0 Å². The number of nitrogens with two attached hydrogens (primary N) is 1. The van der Waals surface area contributed by atoms with E-state index in [-0.39, 0.29) is 12.6 Å². The number of carbonyl (C=O) groups is 2. The lowest BCUT2D eigenvalue weighted by Crippen LogP contribution is -2.44. The van der Waals surface area contributed by atoms with E-state index in [9.17, 15) is 14.7 Å². The van der Waals surface area contributed by atoms with Gasteiger partial charge in [0.2, 0.25) is 0 Å². The minimum atomic E-state index is -0.913. The predicted octanol–water partition coefficient (Wildman–Crippen LogP) is 0.415. The summed E-state index contributed by atoms with van der Waals surface area (Å²) in [5.74, 6) is -1.70. The van der Waals surface area contributed by atoms with E-state index in [0.717, 1.165) is 5.56 Å². The highest BCUT2D eigenvalue weighted by atomic mass is 16.5. The molecule has 0 saturated carbocycles.